The number of likely N-dealkylation sites (N-methyl/N-ethyl adjacent to an activating group) is 1. The maximum atomic E-state index is 12.9. The number of aromatic nitrogens is 2. The van der Waals surface area contributed by atoms with Gasteiger partial charge >= 0.3 is 0 Å². The molecular weight excluding hydrogens is 312 g/mol. The van der Waals surface area contributed by atoms with Gasteiger partial charge in [0, 0.05) is 44.0 Å². The summed E-state index contributed by atoms with van der Waals surface area (Å²) in [6.45, 7) is 1.93. The molecule has 138 valence electrons. The zero-order valence-corrected chi connectivity index (χ0v) is 15.9. The van der Waals surface area contributed by atoms with Crippen molar-refractivity contribution in [1.82, 2.24) is 19.6 Å². The van der Waals surface area contributed by atoms with E-state index in [1.807, 2.05) is 29.9 Å². The number of carbonyl (C=O) groups is 1. The Hall–Kier alpha value is -1.62. The van der Waals surface area contributed by atoms with Crippen molar-refractivity contribution in [3.63, 3.8) is 0 Å². The van der Waals surface area contributed by atoms with Crippen LogP contribution >= 0.6 is 0 Å². The average Bonchev–Trinajstić information content (AvgIpc) is 2.85. The van der Waals surface area contributed by atoms with E-state index in [-0.39, 0.29) is 5.91 Å². The molecule has 2 aliphatic rings. The number of rotatable bonds is 4. The van der Waals surface area contributed by atoms with Gasteiger partial charge in [-0.25, -0.2) is 0 Å². The second kappa shape index (κ2) is 8.17. The van der Waals surface area contributed by atoms with Gasteiger partial charge in [0.2, 0.25) is 5.91 Å². The first kappa shape index (κ1) is 18.2. The predicted molar refractivity (Wildman–Crippen MR) is 100 cm³/mol. The monoisotopic (exact) mass is 344 g/mol. The quantitative estimate of drug-likeness (QED) is 0.842. The fraction of sp³-hybridized carbons (Fsp3) is 0.700. The summed E-state index contributed by atoms with van der Waals surface area (Å²) in [5.74, 6) is 0.698. The summed E-state index contributed by atoms with van der Waals surface area (Å²) in [4.78, 5) is 17.3. The van der Waals surface area contributed by atoms with Gasteiger partial charge in [0.25, 0.3) is 0 Å². The molecule has 0 radical (unpaired) electrons. The Morgan fingerprint density at radius 3 is 2.88 bits per heavy atom. The van der Waals surface area contributed by atoms with E-state index in [2.05, 4.69) is 29.3 Å². The van der Waals surface area contributed by atoms with Crippen molar-refractivity contribution in [3.8, 4) is 0 Å². The number of carbonyl (C=O) groups excluding carboxylic acids is 1. The molecule has 1 aromatic heterocycles. The average molecular weight is 345 g/mol. The lowest BCUT2D eigenvalue weighted by atomic mass is 9.85. The van der Waals surface area contributed by atoms with Gasteiger partial charge in [0.1, 0.15) is 0 Å². The van der Waals surface area contributed by atoms with E-state index in [9.17, 15) is 4.79 Å². The van der Waals surface area contributed by atoms with E-state index in [0.29, 0.717) is 12.0 Å². The highest BCUT2D eigenvalue weighted by Gasteiger charge is 2.33. The van der Waals surface area contributed by atoms with Crippen LogP contribution in [0, 0.1) is 5.92 Å². The van der Waals surface area contributed by atoms with Crippen LogP contribution in [-0.4, -0.2) is 52.7 Å². The van der Waals surface area contributed by atoms with Gasteiger partial charge in [-0.05, 0) is 58.0 Å². The zero-order chi connectivity index (χ0) is 17.8. The molecule has 0 N–H and O–H groups in total. The Kier molecular flexibility index (Phi) is 5.94. The second-order valence-corrected chi connectivity index (χ2v) is 7.79. The SMILES string of the molecule is CN(C[C@@H]1CCCN(C)[C@H]1c1cnn(C)c1)C(=O)C1=CCCCCC1. The van der Waals surface area contributed by atoms with Crippen molar-refractivity contribution in [2.24, 2.45) is 13.0 Å². The Bertz CT molecular complexity index is 621. The van der Waals surface area contributed by atoms with E-state index in [1.54, 1.807) is 0 Å². The Morgan fingerprint density at radius 1 is 1.28 bits per heavy atom. The first-order valence-electron chi connectivity index (χ1n) is 9.69. The maximum Gasteiger partial charge on any atom is 0.249 e. The molecule has 0 aromatic carbocycles. The minimum atomic E-state index is 0.236. The van der Waals surface area contributed by atoms with Crippen molar-refractivity contribution in [2.75, 3.05) is 27.2 Å². The Labute approximate surface area is 151 Å². The van der Waals surface area contributed by atoms with Gasteiger partial charge in [0.05, 0.1) is 6.20 Å². The van der Waals surface area contributed by atoms with Gasteiger partial charge in [-0.15, -0.1) is 0 Å². The molecule has 2 heterocycles. The molecule has 1 aliphatic heterocycles. The third kappa shape index (κ3) is 4.32. The summed E-state index contributed by atoms with van der Waals surface area (Å²) in [6, 6.07) is 0.348. The van der Waals surface area contributed by atoms with Gasteiger partial charge in [-0.3, -0.25) is 14.4 Å². The number of amides is 1. The molecule has 1 amide bonds. The molecule has 25 heavy (non-hydrogen) atoms. The second-order valence-electron chi connectivity index (χ2n) is 7.79. The van der Waals surface area contributed by atoms with E-state index < -0.39 is 0 Å². The van der Waals surface area contributed by atoms with Crippen LogP contribution in [0.3, 0.4) is 0 Å². The van der Waals surface area contributed by atoms with Crippen LogP contribution in [0.2, 0.25) is 0 Å². The lowest BCUT2D eigenvalue weighted by Gasteiger charge is -2.40. The summed E-state index contributed by atoms with van der Waals surface area (Å²) in [6.07, 6.45) is 14.3. The molecule has 1 fully saturated rings. The summed E-state index contributed by atoms with van der Waals surface area (Å²) >= 11 is 0. The minimum Gasteiger partial charge on any atom is -0.342 e. The van der Waals surface area contributed by atoms with E-state index in [1.165, 1.54) is 31.2 Å². The number of nitrogens with zero attached hydrogens (tertiary/aromatic N) is 4. The molecule has 0 saturated carbocycles. The van der Waals surface area contributed by atoms with Crippen molar-refractivity contribution in [2.45, 2.75) is 51.0 Å². The molecule has 5 nitrogen and oxygen atoms in total. The molecule has 2 atom stereocenters. The maximum absolute atomic E-state index is 12.9. The van der Waals surface area contributed by atoms with Crippen molar-refractivity contribution < 1.29 is 4.79 Å². The third-order valence-corrected chi connectivity index (χ3v) is 5.74. The highest BCUT2D eigenvalue weighted by molar-refractivity contribution is 5.93. The van der Waals surface area contributed by atoms with Crippen LogP contribution in [0.15, 0.2) is 24.0 Å². The van der Waals surface area contributed by atoms with Crippen molar-refractivity contribution in [1.29, 1.82) is 0 Å². The highest BCUT2D eigenvalue weighted by Crippen LogP contribution is 2.35. The van der Waals surface area contributed by atoms with Crippen LogP contribution in [0.4, 0.5) is 0 Å². The molecule has 5 heteroatoms. The van der Waals surface area contributed by atoms with Crippen LogP contribution in [0.25, 0.3) is 0 Å². The van der Waals surface area contributed by atoms with Crippen LogP contribution in [-0.2, 0) is 11.8 Å². The van der Waals surface area contributed by atoms with Gasteiger partial charge in [-0.2, -0.15) is 5.10 Å². The summed E-state index contributed by atoms with van der Waals surface area (Å²) in [5.41, 5.74) is 2.30. The molecular formula is C20H32N4O. The van der Waals surface area contributed by atoms with Crippen LogP contribution in [0.1, 0.15) is 56.6 Å². The Morgan fingerprint density at radius 2 is 2.12 bits per heavy atom. The van der Waals surface area contributed by atoms with Crippen LogP contribution < -0.4 is 0 Å². The summed E-state index contributed by atoms with van der Waals surface area (Å²) < 4.78 is 1.88. The number of piperidine rings is 1. The van der Waals surface area contributed by atoms with Crippen molar-refractivity contribution in [3.05, 3.63) is 29.6 Å². The molecule has 1 aromatic rings. The largest absolute Gasteiger partial charge is 0.342 e. The van der Waals surface area contributed by atoms with Crippen molar-refractivity contribution >= 4 is 5.91 Å². The van der Waals surface area contributed by atoms with E-state index in [0.717, 1.165) is 37.9 Å². The topological polar surface area (TPSA) is 41.4 Å². The predicted octanol–water partition coefficient (Wildman–Crippen LogP) is 3.15. The normalized spacial score (nSPS) is 25.3. The fourth-order valence-corrected chi connectivity index (χ4v) is 4.46. The van der Waals surface area contributed by atoms with Gasteiger partial charge in [0.15, 0.2) is 0 Å². The minimum absolute atomic E-state index is 0.236. The molecule has 0 bridgehead atoms. The molecule has 0 spiro atoms. The first-order valence-corrected chi connectivity index (χ1v) is 9.69. The number of aryl methyl sites for hydroxylation is 1. The lowest BCUT2D eigenvalue weighted by Crippen LogP contribution is -2.42. The molecule has 1 aliphatic carbocycles. The van der Waals surface area contributed by atoms with Gasteiger partial charge < -0.3 is 4.90 Å². The third-order valence-electron chi connectivity index (χ3n) is 5.74. The smallest absolute Gasteiger partial charge is 0.249 e. The molecule has 1 saturated heterocycles. The number of hydrogen-bond acceptors (Lipinski definition) is 3. The van der Waals surface area contributed by atoms with E-state index in [4.69, 9.17) is 0 Å². The van der Waals surface area contributed by atoms with Gasteiger partial charge in [-0.1, -0.05) is 12.5 Å². The standard InChI is InChI=1S/C20H32N4O/c1-22-12-8-11-17(19(22)18-13-21-24(3)15-18)14-23(2)20(25)16-9-6-4-5-7-10-16/h9,13,15,17,19H,4-8,10-12,14H2,1-3H3/t17-,19+/m0/s1. The zero-order valence-electron chi connectivity index (χ0n) is 15.9. The number of hydrogen-bond donors (Lipinski definition) is 0. The summed E-state index contributed by atoms with van der Waals surface area (Å²) in [7, 11) is 6.14. The lowest BCUT2D eigenvalue weighted by molar-refractivity contribution is -0.127. The van der Waals surface area contributed by atoms with Crippen LogP contribution in [0.5, 0.6) is 0 Å². The summed E-state index contributed by atoms with van der Waals surface area (Å²) in [5, 5.41) is 4.36. The molecule has 3 rings (SSSR count). The highest BCUT2D eigenvalue weighted by atomic mass is 16.2. The Balaban J connectivity index is 1.70. The first-order chi connectivity index (χ1) is 12.1. The molecule has 0 unspecified atom stereocenters. The number of likely N-dealkylation sites (tertiary alicyclic amines) is 1. The number of allylic oxidation sites excluding steroid dienone is 1. The van der Waals surface area contributed by atoms with E-state index >= 15 is 0 Å². The fourth-order valence-electron chi connectivity index (χ4n) is 4.46.